The number of hydrogen-bond donors (Lipinski definition) is 2. The Balaban J connectivity index is 1.69. The van der Waals surface area contributed by atoms with Crippen LogP contribution in [0, 0.1) is 0 Å². The molecule has 0 saturated carbocycles. The van der Waals surface area contributed by atoms with Crippen LogP contribution in [0.2, 0.25) is 0 Å². The second-order valence-corrected chi connectivity index (χ2v) is 4.79. The molecule has 2 aromatic rings. The maximum absolute atomic E-state index is 10.2. The summed E-state index contributed by atoms with van der Waals surface area (Å²) in [5.74, 6) is 0.880. The zero-order valence-electron chi connectivity index (χ0n) is 10.6. The van der Waals surface area contributed by atoms with E-state index in [9.17, 15) is 5.11 Å². The molecule has 0 aliphatic carbocycles. The van der Waals surface area contributed by atoms with E-state index in [2.05, 4.69) is 25.1 Å². The summed E-state index contributed by atoms with van der Waals surface area (Å²) < 4.78 is 0. The molecule has 19 heavy (non-hydrogen) atoms. The smallest absolute Gasteiger partial charge is 0.141 e. The average Bonchev–Trinajstić information content (AvgIpc) is 3.10. The van der Waals surface area contributed by atoms with E-state index in [-0.39, 0.29) is 6.04 Å². The van der Waals surface area contributed by atoms with Gasteiger partial charge in [-0.15, -0.1) is 0 Å². The van der Waals surface area contributed by atoms with Crippen LogP contribution in [-0.2, 0) is 0 Å². The zero-order valence-corrected chi connectivity index (χ0v) is 10.6. The number of likely N-dealkylation sites (tertiary alicyclic amines) is 1. The Hall–Kier alpha value is -1.79. The number of hydrogen-bond acceptors (Lipinski definition) is 5. The number of aromatic amines is 1. The van der Waals surface area contributed by atoms with E-state index in [1.165, 1.54) is 6.33 Å². The molecule has 6 heteroatoms. The van der Waals surface area contributed by atoms with Crippen LogP contribution in [0.25, 0.3) is 0 Å². The van der Waals surface area contributed by atoms with Crippen LogP contribution >= 0.6 is 0 Å². The van der Waals surface area contributed by atoms with E-state index in [0.717, 1.165) is 25.2 Å². The monoisotopic (exact) mass is 259 g/mol. The van der Waals surface area contributed by atoms with Crippen molar-refractivity contribution in [2.24, 2.45) is 0 Å². The molecule has 2 N–H and O–H groups in total. The molecule has 0 aromatic carbocycles. The lowest BCUT2D eigenvalue weighted by Crippen LogP contribution is -2.29. The van der Waals surface area contributed by atoms with E-state index < -0.39 is 6.10 Å². The summed E-state index contributed by atoms with van der Waals surface area (Å²) in [4.78, 5) is 10.7. The summed E-state index contributed by atoms with van der Waals surface area (Å²) in [5, 5.41) is 17.1. The van der Waals surface area contributed by atoms with E-state index in [1.54, 1.807) is 6.20 Å². The maximum Gasteiger partial charge on any atom is 0.141 e. The van der Waals surface area contributed by atoms with Gasteiger partial charge in [-0.05, 0) is 31.5 Å². The highest BCUT2D eigenvalue weighted by Crippen LogP contribution is 2.30. The number of nitrogens with zero attached hydrogens (tertiary/aromatic N) is 4. The topological polar surface area (TPSA) is 77.9 Å². The summed E-state index contributed by atoms with van der Waals surface area (Å²) in [7, 11) is 0. The molecule has 1 unspecified atom stereocenters. The number of aliphatic hydroxyl groups excluding tert-OH is 1. The fourth-order valence-electron chi connectivity index (χ4n) is 2.62. The lowest BCUT2D eigenvalue weighted by Gasteiger charge is -2.24. The molecule has 3 rings (SSSR count). The Kier molecular flexibility index (Phi) is 3.52. The maximum atomic E-state index is 10.2. The number of nitrogens with one attached hydrogen (secondary N) is 1. The lowest BCUT2D eigenvalue weighted by molar-refractivity contribution is 0.101. The molecular formula is C13H17N5O. The van der Waals surface area contributed by atoms with Crippen molar-refractivity contribution in [3.63, 3.8) is 0 Å². The lowest BCUT2D eigenvalue weighted by atomic mass is 10.2. The first-order chi connectivity index (χ1) is 9.34. The van der Waals surface area contributed by atoms with Crippen molar-refractivity contribution < 1.29 is 5.11 Å². The van der Waals surface area contributed by atoms with Gasteiger partial charge in [-0.2, -0.15) is 5.10 Å². The van der Waals surface area contributed by atoms with Gasteiger partial charge < -0.3 is 5.11 Å². The summed E-state index contributed by atoms with van der Waals surface area (Å²) in [5.41, 5.74) is 0.714. The minimum absolute atomic E-state index is 0.223. The van der Waals surface area contributed by atoms with Crippen LogP contribution in [0.5, 0.6) is 0 Å². The van der Waals surface area contributed by atoms with Crippen molar-refractivity contribution in [2.45, 2.75) is 25.0 Å². The van der Waals surface area contributed by atoms with Gasteiger partial charge in [0.2, 0.25) is 0 Å². The number of aliphatic hydroxyl groups is 1. The summed E-state index contributed by atoms with van der Waals surface area (Å²) in [6.07, 6.45) is 4.83. The van der Waals surface area contributed by atoms with Crippen LogP contribution in [0.1, 0.15) is 36.5 Å². The predicted octanol–water partition coefficient (Wildman–Crippen LogP) is 1.07. The fourth-order valence-corrected chi connectivity index (χ4v) is 2.62. The van der Waals surface area contributed by atoms with Crippen molar-refractivity contribution >= 4 is 0 Å². The van der Waals surface area contributed by atoms with Crippen LogP contribution in [0.4, 0.5) is 0 Å². The highest BCUT2D eigenvalue weighted by atomic mass is 16.3. The molecule has 1 aliphatic heterocycles. The van der Waals surface area contributed by atoms with Crippen molar-refractivity contribution in [1.82, 2.24) is 25.1 Å². The average molecular weight is 259 g/mol. The van der Waals surface area contributed by atoms with Gasteiger partial charge in [-0.3, -0.25) is 15.0 Å². The van der Waals surface area contributed by atoms with Gasteiger partial charge >= 0.3 is 0 Å². The summed E-state index contributed by atoms with van der Waals surface area (Å²) >= 11 is 0. The Morgan fingerprint density at radius 2 is 2.37 bits per heavy atom. The molecule has 0 radical (unpaired) electrons. The number of pyridine rings is 1. The second-order valence-electron chi connectivity index (χ2n) is 4.79. The largest absolute Gasteiger partial charge is 0.385 e. The van der Waals surface area contributed by atoms with Gasteiger partial charge in [0.05, 0.1) is 11.7 Å². The zero-order chi connectivity index (χ0) is 13.1. The molecule has 100 valence electrons. The molecule has 2 aromatic heterocycles. The second kappa shape index (κ2) is 5.46. The Morgan fingerprint density at radius 3 is 3.11 bits per heavy atom. The van der Waals surface area contributed by atoms with Crippen molar-refractivity contribution in [3.8, 4) is 0 Å². The molecule has 1 fully saturated rings. The van der Waals surface area contributed by atoms with Gasteiger partial charge in [-0.25, -0.2) is 4.98 Å². The first-order valence-electron chi connectivity index (χ1n) is 6.53. The summed E-state index contributed by atoms with van der Waals surface area (Å²) in [6, 6.07) is 5.82. The normalized spacial score (nSPS) is 21.6. The standard InChI is InChI=1S/C13H17N5O/c19-12(10-4-1-2-6-14-10)8-18-7-3-5-11(18)13-15-9-16-17-13/h1-2,4,6,9,11-12,19H,3,5,7-8H2,(H,15,16,17)/t11-,12?/m0/s1. The predicted molar refractivity (Wildman–Crippen MR) is 69.1 cm³/mol. The van der Waals surface area contributed by atoms with Crippen LogP contribution in [0.3, 0.4) is 0 Å². The Labute approximate surface area is 111 Å². The molecule has 0 amide bonds. The number of H-pyrrole nitrogens is 1. The molecule has 6 nitrogen and oxygen atoms in total. The first-order valence-corrected chi connectivity index (χ1v) is 6.53. The molecular weight excluding hydrogens is 242 g/mol. The highest BCUT2D eigenvalue weighted by Gasteiger charge is 2.29. The third-order valence-corrected chi connectivity index (χ3v) is 3.55. The molecule has 1 aliphatic rings. The minimum Gasteiger partial charge on any atom is -0.385 e. The fraction of sp³-hybridized carbons (Fsp3) is 0.462. The van der Waals surface area contributed by atoms with Gasteiger partial charge in [0, 0.05) is 12.7 Å². The number of rotatable bonds is 4. The van der Waals surface area contributed by atoms with E-state index in [0.29, 0.717) is 12.2 Å². The SMILES string of the molecule is OC(CN1CCC[C@H]1c1ncn[nH]1)c1ccccn1. The number of aromatic nitrogens is 4. The van der Waals surface area contributed by atoms with E-state index >= 15 is 0 Å². The van der Waals surface area contributed by atoms with Crippen molar-refractivity contribution in [2.75, 3.05) is 13.1 Å². The minimum atomic E-state index is -0.565. The van der Waals surface area contributed by atoms with Crippen LogP contribution < -0.4 is 0 Å². The third-order valence-electron chi connectivity index (χ3n) is 3.55. The van der Waals surface area contributed by atoms with Crippen molar-refractivity contribution in [1.29, 1.82) is 0 Å². The van der Waals surface area contributed by atoms with Gasteiger partial charge in [0.15, 0.2) is 0 Å². The molecule has 3 heterocycles. The van der Waals surface area contributed by atoms with Gasteiger partial charge in [0.25, 0.3) is 0 Å². The molecule has 1 saturated heterocycles. The van der Waals surface area contributed by atoms with E-state index in [1.807, 2.05) is 18.2 Å². The van der Waals surface area contributed by atoms with Gasteiger partial charge in [0.1, 0.15) is 18.3 Å². The summed E-state index contributed by atoms with van der Waals surface area (Å²) in [6.45, 7) is 1.54. The quantitative estimate of drug-likeness (QED) is 0.858. The first kappa shape index (κ1) is 12.3. The third kappa shape index (κ3) is 2.64. The molecule has 0 spiro atoms. The highest BCUT2D eigenvalue weighted by molar-refractivity contribution is 5.08. The number of β-amino-alcohol motifs (C(OH)–C–C–N with tert-alkyl or cyclic N) is 1. The van der Waals surface area contributed by atoms with Gasteiger partial charge in [-0.1, -0.05) is 6.07 Å². The Morgan fingerprint density at radius 1 is 1.42 bits per heavy atom. The Bertz CT molecular complexity index is 501. The van der Waals surface area contributed by atoms with Crippen molar-refractivity contribution in [3.05, 3.63) is 42.2 Å². The molecule has 2 atom stereocenters. The van der Waals surface area contributed by atoms with E-state index in [4.69, 9.17) is 0 Å². The van der Waals surface area contributed by atoms with Crippen LogP contribution in [-0.4, -0.2) is 43.3 Å². The molecule has 0 bridgehead atoms. The van der Waals surface area contributed by atoms with Crippen LogP contribution in [0.15, 0.2) is 30.7 Å².